The number of alkyl halides is 3. The Kier molecular flexibility index (Phi) is 2.30. The highest BCUT2D eigenvalue weighted by molar-refractivity contribution is 5.54. The van der Waals surface area contributed by atoms with Crippen molar-refractivity contribution in [1.29, 1.82) is 0 Å². The summed E-state index contributed by atoms with van der Waals surface area (Å²) < 4.78 is 41.7. The number of aromatic amines is 1. The van der Waals surface area contributed by atoms with Gasteiger partial charge in [0, 0.05) is 5.56 Å². The minimum absolute atomic E-state index is 0.0909. The zero-order valence-corrected chi connectivity index (χ0v) is 7.71. The van der Waals surface area contributed by atoms with E-state index >= 15 is 0 Å². The van der Waals surface area contributed by atoms with Crippen LogP contribution in [-0.4, -0.2) is 10.1 Å². The van der Waals surface area contributed by atoms with Crippen LogP contribution in [0.5, 0.6) is 0 Å². The van der Waals surface area contributed by atoms with Crippen molar-refractivity contribution >= 4 is 0 Å². The lowest BCUT2D eigenvalue weighted by Crippen LogP contribution is -2.04. The highest BCUT2D eigenvalue weighted by atomic mass is 19.4. The first-order chi connectivity index (χ1) is 7.47. The first-order valence-electron chi connectivity index (χ1n) is 4.20. The second-order valence-corrected chi connectivity index (χ2v) is 3.00. The summed E-state index contributed by atoms with van der Waals surface area (Å²) in [7, 11) is 0. The Labute approximate surface area is 86.7 Å². The molecule has 0 aliphatic rings. The van der Waals surface area contributed by atoms with E-state index in [1.165, 1.54) is 12.1 Å². The molecule has 0 saturated heterocycles. The van der Waals surface area contributed by atoms with Crippen molar-refractivity contribution in [2.45, 2.75) is 6.18 Å². The van der Waals surface area contributed by atoms with E-state index in [0.29, 0.717) is 0 Å². The molecule has 1 N–H and O–H groups in total. The summed E-state index contributed by atoms with van der Waals surface area (Å²) in [5.41, 5.74) is -1.48. The van der Waals surface area contributed by atoms with Crippen LogP contribution in [0.1, 0.15) is 5.56 Å². The highest BCUT2D eigenvalue weighted by Gasteiger charge is 2.30. The molecule has 0 aliphatic heterocycles. The second-order valence-electron chi connectivity index (χ2n) is 3.00. The quantitative estimate of drug-likeness (QED) is 0.815. The Bertz CT molecular complexity index is 556. The smallest absolute Gasteiger partial charge is 0.357 e. The number of halogens is 3. The molecule has 1 aromatic carbocycles. The van der Waals surface area contributed by atoms with Gasteiger partial charge in [0.15, 0.2) is 0 Å². The first kappa shape index (κ1) is 10.5. The Balaban J connectivity index is 2.48. The summed E-state index contributed by atoms with van der Waals surface area (Å²) in [4.78, 5) is 14.0. The van der Waals surface area contributed by atoms with Crippen LogP contribution in [0.15, 0.2) is 33.6 Å². The predicted octanol–water partition coefficient (Wildman–Crippen LogP) is 2.05. The van der Waals surface area contributed by atoms with Gasteiger partial charge in [-0.2, -0.15) is 23.3 Å². The van der Waals surface area contributed by atoms with Crippen LogP contribution < -0.4 is 5.69 Å². The number of rotatable bonds is 1. The lowest BCUT2D eigenvalue weighted by molar-refractivity contribution is -0.137. The Morgan fingerprint density at radius 1 is 1.31 bits per heavy atom. The van der Waals surface area contributed by atoms with E-state index in [1.54, 1.807) is 0 Å². The van der Waals surface area contributed by atoms with Gasteiger partial charge in [0.2, 0.25) is 0 Å². The van der Waals surface area contributed by atoms with Crippen LogP contribution in [0.2, 0.25) is 0 Å². The minimum atomic E-state index is -4.44. The van der Waals surface area contributed by atoms with Gasteiger partial charge in [-0.25, -0.2) is 4.79 Å². The molecule has 0 radical (unpaired) electrons. The molecule has 0 fully saturated rings. The number of hydrogen-bond acceptors (Lipinski definition) is 3. The van der Waals surface area contributed by atoms with Gasteiger partial charge in [0.1, 0.15) is 0 Å². The number of benzene rings is 1. The standard InChI is InChI=1S/C9H5F3N2O2/c10-9(11,12)6-3-1-2-5(4-6)7-13-8(15)14-16-7/h1-4H,(H,14,15). The van der Waals surface area contributed by atoms with Crippen LogP contribution in [0.4, 0.5) is 13.2 Å². The van der Waals surface area contributed by atoms with Crippen LogP contribution in [0.3, 0.4) is 0 Å². The second kappa shape index (κ2) is 3.51. The number of H-pyrrole nitrogens is 1. The molecule has 16 heavy (non-hydrogen) atoms. The van der Waals surface area contributed by atoms with Gasteiger partial charge in [0.25, 0.3) is 5.89 Å². The van der Waals surface area contributed by atoms with Crippen molar-refractivity contribution in [2.75, 3.05) is 0 Å². The van der Waals surface area contributed by atoms with Gasteiger partial charge >= 0.3 is 11.9 Å². The molecule has 1 aromatic heterocycles. The van der Waals surface area contributed by atoms with Crippen molar-refractivity contribution in [1.82, 2.24) is 10.1 Å². The zero-order chi connectivity index (χ0) is 11.8. The van der Waals surface area contributed by atoms with Crippen molar-refractivity contribution in [3.63, 3.8) is 0 Å². The van der Waals surface area contributed by atoms with E-state index in [4.69, 9.17) is 0 Å². The van der Waals surface area contributed by atoms with Crippen molar-refractivity contribution in [3.05, 3.63) is 40.3 Å². The molecule has 84 valence electrons. The maximum Gasteiger partial charge on any atom is 0.416 e. The third-order valence-corrected chi connectivity index (χ3v) is 1.87. The van der Waals surface area contributed by atoms with E-state index < -0.39 is 17.4 Å². The van der Waals surface area contributed by atoms with Crippen LogP contribution >= 0.6 is 0 Å². The number of nitrogens with zero attached hydrogens (tertiary/aromatic N) is 1. The van der Waals surface area contributed by atoms with E-state index in [2.05, 4.69) is 9.51 Å². The molecule has 0 atom stereocenters. The van der Waals surface area contributed by atoms with E-state index in [0.717, 1.165) is 12.1 Å². The monoisotopic (exact) mass is 230 g/mol. The van der Waals surface area contributed by atoms with Gasteiger partial charge in [0.05, 0.1) is 5.56 Å². The fourth-order valence-electron chi connectivity index (χ4n) is 1.18. The normalized spacial score (nSPS) is 11.7. The van der Waals surface area contributed by atoms with Gasteiger partial charge in [-0.15, -0.1) is 0 Å². The van der Waals surface area contributed by atoms with Gasteiger partial charge < -0.3 is 4.52 Å². The molecule has 1 heterocycles. The molecule has 0 spiro atoms. The van der Waals surface area contributed by atoms with Crippen molar-refractivity contribution < 1.29 is 17.7 Å². The molecular formula is C9H5F3N2O2. The van der Waals surface area contributed by atoms with Gasteiger partial charge in [-0.3, -0.25) is 0 Å². The summed E-state index contributed by atoms with van der Waals surface area (Å²) in [6.45, 7) is 0. The van der Waals surface area contributed by atoms with E-state index in [9.17, 15) is 18.0 Å². The molecule has 0 unspecified atom stereocenters. The maximum atomic E-state index is 12.4. The number of hydrogen-bond donors (Lipinski definition) is 1. The van der Waals surface area contributed by atoms with Crippen LogP contribution in [0, 0.1) is 0 Å². The first-order valence-corrected chi connectivity index (χ1v) is 4.20. The summed E-state index contributed by atoms with van der Waals surface area (Å²) in [6.07, 6.45) is -4.44. The van der Waals surface area contributed by atoms with E-state index in [1.807, 2.05) is 5.16 Å². The Hall–Kier alpha value is -2.05. The lowest BCUT2D eigenvalue weighted by Gasteiger charge is -2.06. The molecule has 2 rings (SSSR count). The lowest BCUT2D eigenvalue weighted by atomic mass is 10.1. The fourth-order valence-corrected chi connectivity index (χ4v) is 1.18. The highest BCUT2D eigenvalue weighted by Crippen LogP contribution is 2.31. The molecule has 0 bridgehead atoms. The summed E-state index contributed by atoms with van der Waals surface area (Å²) in [5.74, 6) is -0.170. The summed E-state index contributed by atoms with van der Waals surface area (Å²) in [5, 5.41) is 1.90. The zero-order valence-electron chi connectivity index (χ0n) is 7.71. The molecule has 0 amide bonds. The average Bonchev–Trinajstić information content (AvgIpc) is 2.64. The molecule has 0 aliphatic carbocycles. The molecule has 0 saturated carbocycles. The van der Waals surface area contributed by atoms with Crippen molar-refractivity contribution in [3.8, 4) is 11.5 Å². The number of nitrogens with one attached hydrogen (secondary N) is 1. The predicted molar refractivity (Wildman–Crippen MR) is 47.6 cm³/mol. The number of aromatic nitrogens is 2. The average molecular weight is 230 g/mol. The molecule has 7 heteroatoms. The Morgan fingerprint density at radius 2 is 2.06 bits per heavy atom. The molecular weight excluding hydrogens is 225 g/mol. The summed E-state index contributed by atoms with van der Waals surface area (Å²) in [6, 6.07) is 4.37. The maximum absolute atomic E-state index is 12.4. The third kappa shape index (κ3) is 1.97. The molecule has 2 aromatic rings. The molecule has 4 nitrogen and oxygen atoms in total. The van der Waals surface area contributed by atoms with E-state index in [-0.39, 0.29) is 11.5 Å². The Morgan fingerprint density at radius 3 is 2.62 bits per heavy atom. The van der Waals surface area contributed by atoms with Crippen LogP contribution in [0.25, 0.3) is 11.5 Å². The van der Waals surface area contributed by atoms with Gasteiger partial charge in [-0.1, -0.05) is 6.07 Å². The van der Waals surface area contributed by atoms with Gasteiger partial charge in [-0.05, 0) is 18.2 Å². The van der Waals surface area contributed by atoms with Crippen molar-refractivity contribution in [2.24, 2.45) is 0 Å². The topological polar surface area (TPSA) is 58.9 Å². The SMILES string of the molecule is O=c1nc(-c2cccc(C(F)(F)F)c2)o[nH]1. The third-order valence-electron chi connectivity index (χ3n) is 1.87. The largest absolute Gasteiger partial charge is 0.416 e. The van der Waals surface area contributed by atoms with Crippen LogP contribution in [-0.2, 0) is 6.18 Å². The minimum Gasteiger partial charge on any atom is -0.357 e. The summed E-state index contributed by atoms with van der Waals surface area (Å²) >= 11 is 0. The fraction of sp³-hybridized carbons (Fsp3) is 0.111.